The summed E-state index contributed by atoms with van der Waals surface area (Å²) in [5.41, 5.74) is -0.794. The zero-order valence-corrected chi connectivity index (χ0v) is 17.0. The Hall–Kier alpha value is -1.46. The van der Waals surface area contributed by atoms with Gasteiger partial charge in [-0.3, -0.25) is 0 Å². The Morgan fingerprint density at radius 2 is 1.29 bits per heavy atom. The predicted octanol–water partition coefficient (Wildman–Crippen LogP) is 4.48. The quantitative estimate of drug-likeness (QED) is 0.720. The average Bonchev–Trinajstić information content (AvgIpc) is 2.33. The summed E-state index contributed by atoms with van der Waals surface area (Å²) < 4.78 is 10.1. The summed E-state index contributed by atoms with van der Waals surface area (Å²) >= 11 is 0. The van der Waals surface area contributed by atoms with Gasteiger partial charge in [-0.05, 0) is 53.9 Å². The van der Waals surface area contributed by atoms with Gasteiger partial charge >= 0.3 is 12.2 Å². The highest BCUT2D eigenvalue weighted by molar-refractivity contribution is 5.67. The van der Waals surface area contributed by atoms with Crippen molar-refractivity contribution in [3.63, 3.8) is 0 Å². The third-order valence-corrected chi connectivity index (χ3v) is 2.25. The van der Waals surface area contributed by atoms with Crippen molar-refractivity contribution in [1.82, 2.24) is 10.6 Å². The van der Waals surface area contributed by atoms with E-state index in [0.29, 0.717) is 19.0 Å². The number of hydrogen-bond acceptors (Lipinski definition) is 4. The lowest BCUT2D eigenvalue weighted by Gasteiger charge is -2.20. The van der Waals surface area contributed by atoms with Crippen LogP contribution in [0, 0.1) is 5.92 Å². The molecule has 0 fully saturated rings. The lowest BCUT2D eigenvalue weighted by atomic mass is 10.2. The van der Waals surface area contributed by atoms with Gasteiger partial charge in [0.25, 0.3) is 0 Å². The van der Waals surface area contributed by atoms with Crippen molar-refractivity contribution in [2.45, 2.75) is 86.4 Å². The topological polar surface area (TPSA) is 76.7 Å². The van der Waals surface area contributed by atoms with Crippen LogP contribution in [0.4, 0.5) is 9.59 Å². The van der Waals surface area contributed by atoms with E-state index in [-0.39, 0.29) is 12.2 Å². The van der Waals surface area contributed by atoms with Crippen molar-refractivity contribution in [3.05, 3.63) is 0 Å². The Balaban J connectivity index is 0. The Morgan fingerprint density at radius 3 is 1.62 bits per heavy atom. The first kappa shape index (κ1) is 24.8. The molecule has 0 aromatic heterocycles. The lowest BCUT2D eigenvalue weighted by molar-refractivity contribution is 0.0512. The molecule has 144 valence electrons. The predicted molar refractivity (Wildman–Crippen MR) is 98.2 cm³/mol. The van der Waals surface area contributed by atoms with Crippen molar-refractivity contribution in [1.29, 1.82) is 0 Å². The molecule has 0 aromatic rings. The van der Waals surface area contributed by atoms with Crippen molar-refractivity contribution >= 4 is 12.2 Å². The van der Waals surface area contributed by atoms with Gasteiger partial charge in [-0.25, -0.2) is 9.59 Å². The van der Waals surface area contributed by atoms with E-state index in [4.69, 9.17) is 9.47 Å². The maximum absolute atomic E-state index is 11.0. The first-order valence-corrected chi connectivity index (χ1v) is 8.70. The van der Waals surface area contributed by atoms with Crippen LogP contribution in [0.15, 0.2) is 0 Å². The largest absolute Gasteiger partial charge is 0.444 e. The van der Waals surface area contributed by atoms with Crippen LogP contribution in [0.3, 0.4) is 0 Å². The zero-order valence-electron chi connectivity index (χ0n) is 17.0. The second-order valence-electron chi connectivity index (χ2n) is 8.06. The summed E-state index contributed by atoms with van der Waals surface area (Å²) in [7, 11) is 0. The number of carbonyl (C=O) groups excluding carboxylic acids is 2. The summed E-state index contributed by atoms with van der Waals surface area (Å²) in [6, 6.07) is 0. The molecule has 0 radical (unpaired) electrons. The summed E-state index contributed by atoms with van der Waals surface area (Å²) in [6.45, 7) is 18.6. The third kappa shape index (κ3) is 22.8. The van der Waals surface area contributed by atoms with Crippen LogP contribution in [-0.4, -0.2) is 36.5 Å². The molecule has 0 aromatic carbocycles. The Bertz CT molecular complexity index is 355. The van der Waals surface area contributed by atoms with Gasteiger partial charge in [0.15, 0.2) is 0 Å². The van der Waals surface area contributed by atoms with E-state index in [1.165, 1.54) is 0 Å². The Labute approximate surface area is 148 Å². The van der Waals surface area contributed by atoms with Gasteiger partial charge in [0, 0.05) is 13.1 Å². The molecule has 0 aliphatic carbocycles. The highest BCUT2D eigenvalue weighted by Crippen LogP contribution is 2.07. The third-order valence-electron chi connectivity index (χ3n) is 2.25. The smallest absolute Gasteiger partial charge is 0.407 e. The van der Waals surface area contributed by atoms with Gasteiger partial charge in [0.2, 0.25) is 0 Å². The maximum Gasteiger partial charge on any atom is 0.407 e. The van der Waals surface area contributed by atoms with Crippen LogP contribution >= 0.6 is 0 Å². The number of unbranched alkanes of at least 4 members (excludes halogenated alkanes) is 1. The zero-order chi connectivity index (χ0) is 19.4. The molecule has 24 heavy (non-hydrogen) atoms. The number of amides is 2. The van der Waals surface area contributed by atoms with Crippen LogP contribution in [-0.2, 0) is 9.47 Å². The first-order chi connectivity index (χ1) is 10.8. The normalized spacial score (nSPS) is 11.2. The summed E-state index contributed by atoms with van der Waals surface area (Å²) in [5.74, 6) is 0.456. The molecule has 6 nitrogen and oxygen atoms in total. The van der Waals surface area contributed by atoms with E-state index in [1.54, 1.807) is 0 Å². The van der Waals surface area contributed by atoms with Crippen LogP contribution in [0.25, 0.3) is 0 Å². The monoisotopic (exact) mass is 346 g/mol. The van der Waals surface area contributed by atoms with E-state index in [2.05, 4.69) is 17.6 Å². The molecule has 0 aliphatic heterocycles. The van der Waals surface area contributed by atoms with Crippen LogP contribution in [0.1, 0.15) is 75.2 Å². The second kappa shape index (κ2) is 12.0. The fraction of sp³-hybridized carbons (Fsp3) is 0.889. The molecular formula is C18H38N2O4. The van der Waals surface area contributed by atoms with E-state index >= 15 is 0 Å². The van der Waals surface area contributed by atoms with Gasteiger partial charge in [-0.15, -0.1) is 0 Å². The van der Waals surface area contributed by atoms with Crippen molar-refractivity contribution in [2.75, 3.05) is 13.1 Å². The highest BCUT2D eigenvalue weighted by Gasteiger charge is 2.16. The number of ether oxygens (including phenoxy) is 2. The summed E-state index contributed by atoms with van der Waals surface area (Å²) in [6.07, 6.45) is 1.42. The minimum atomic E-state index is -0.402. The molecule has 0 atom stereocenters. The van der Waals surface area contributed by atoms with Crippen LogP contribution in [0.5, 0.6) is 0 Å². The number of hydrogen-bond donors (Lipinski definition) is 2. The SMILES string of the molecule is CC(C)CNC(=O)OC(C)(C)C.CCCCNC(=O)OC(C)(C)C. The Morgan fingerprint density at radius 1 is 0.875 bits per heavy atom. The molecule has 0 bridgehead atoms. The molecule has 0 aliphatic rings. The van der Waals surface area contributed by atoms with Crippen molar-refractivity contribution in [2.24, 2.45) is 5.92 Å². The molecule has 0 spiro atoms. The maximum atomic E-state index is 11.0. The highest BCUT2D eigenvalue weighted by atomic mass is 16.6. The lowest BCUT2D eigenvalue weighted by Crippen LogP contribution is -2.34. The molecule has 0 heterocycles. The minimum absolute atomic E-state index is 0.323. The second-order valence-corrected chi connectivity index (χ2v) is 8.06. The number of rotatable bonds is 5. The van der Waals surface area contributed by atoms with E-state index in [9.17, 15) is 9.59 Å². The first-order valence-electron chi connectivity index (χ1n) is 8.70. The van der Waals surface area contributed by atoms with Gasteiger partial charge in [-0.1, -0.05) is 27.2 Å². The molecule has 0 saturated carbocycles. The van der Waals surface area contributed by atoms with Gasteiger partial charge in [-0.2, -0.15) is 0 Å². The number of alkyl carbamates (subject to hydrolysis) is 2. The van der Waals surface area contributed by atoms with Gasteiger partial charge in [0.05, 0.1) is 0 Å². The van der Waals surface area contributed by atoms with Gasteiger partial charge in [0.1, 0.15) is 11.2 Å². The Kier molecular flexibility index (Phi) is 12.4. The summed E-state index contributed by atoms with van der Waals surface area (Å²) in [4.78, 5) is 22.0. The van der Waals surface area contributed by atoms with Crippen LogP contribution in [0.2, 0.25) is 0 Å². The summed E-state index contributed by atoms with van der Waals surface area (Å²) in [5, 5.41) is 5.36. The fourth-order valence-electron chi connectivity index (χ4n) is 1.28. The van der Waals surface area contributed by atoms with Gasteiger partial charge < -0.3 is 20.1 Å². The molecule has 0 unspecified atom stereocenters. The van der Waals surface area contributed by atoms with E-state index in [0.717, 1.165) is 12.8 Å². The minimum Gasteiger partial charge on any atom is -0.444 e. The molecule has 0 saturated heterocycles. The molecule has 2 amide bonds. The van der Waals surface area contributed by atoms with E-state index in [1.807, 2.05) is 55.4 Å². The van der Waals surface area contributed by atoms with Crippen molar-refractivity contribution < 1.29 is 19.1 Å². The van der Waals surface area contributed by atoms with Crippen molar-refractivity contribution in [3.8, 4) is 0 Å². The van der Waals surface area contributed by atoms with Crippen LogP contribution < -0.4 is 10.6 Å². The average molecular weight is 347 g/mol. The number of carbonyl (C=O) groups is 2. The fourth-order valence-corrected chi connectivity index (χ4v) is 1.28. The molecule has 2 N–H and O–H groups in total. The molecule has 6 heteroatoms. The number of nitrogens with one attached hydrogen (secondary N) is 2. The standard InChI is InChI=1S/2C9H19NO2/c1-7(2)6-10-8(11)12-9(3,4)5;1-5-6-7-10-8(11)12-9(2,3)4/h7H,6H2,1-5H3,(H,10,11);5-7H2,1-4H3,(H,10,11). The molecule has 0 rings (SSSR count). The molecular weight excluding hydrogens is 308 g/mol. The van der Waals surface area contributed by atoms with E-state index < -0.39 is 11.2 Å².